The van der Waals surface area contributed by atoms with Gasteiger partial charge in [0.25, 0.3) is 0 Å². The number of pyridine rings is 1. The Morgan fingerprint density at radius 2 is 2.05 bits per heavy atom. The van der Waals surface area contributed by atoms with Crippen molar-refractivity contribution in [1.29, 1.82) is 0 Å². The fraction of sp³-hybridized carbons (Fsp3) is 0.0588. The van der Waals surface area contributed by atoms with Crippen LogP contribution in [0.1, 0.15) is 11.3 Å². The number of imidazole rings is 1. The molecule has 2 heterocycles. The second-order valence-electron chi connectivity index (χ2n) is 4.73. The lowest BCUT2D eigenvalue weighted by atomic mass is 10.2. The van der Waals surface area contributed by atoms with Crippen molar-refractivity contribution in [3.05, 3.63) is 72.2 Å². The maximum absolute atomic E-state index is 10.5. The third kappa shape index (κ3) is 3.32. The van der Waals surface area contributed by atoms with Crippen LogP contribution in [0.3, 0.4) is 0 Å². The topological polar surface area (TPSA) is 63.8 Å². The number of nitrogens with zero attached hydrogens (tertiary/aromatic N) is 2. The summed E-state index contributed by atoms with van der Waals surface area (Å²) in [6.07, 6.45) is 6.51. The molecule has 0 aliphatic rings. The molecule has 1 aromatic carbocycles. The molecule has 0 saturated carbocycles. The molecule has 0 saturated heterocycles. The minimum absolute atomic E-state index is 0.381. The Bertz CT molecular complexity index is 786. The molecule has 5 nitrogen and oxygen atoms in total. The SMILES string of the molecule is O=C(O)/C=C/c1ccc(OCc2cn3ccccc3n2)cc1. The summed E-state index contributed by atoms with van der Waals surface area (Å²) in [5, 5.41) is 8.58. The van der Waals surface area contributed by atoms with Crippen molar-refractivity contribution in [2.75, 3.05) is 0 Å². The van der Waals surface area contributed by atoms with Crippen LogP contribution in [0.2, 0.25) is 0 Å². The van der Waals surface area contributed by atoms with E-state index in [-0.39, 0.29) is 0 Å². The predicted molar refractivity (Wildman–Crippen MR) is 82.6 cm³/mol. The number of aromatic nitrogens is 2. The highest BCUT2D eigenvalue weighted by Gasteiger charge is 2.02. The van der Waals surface area contributed by atoms with Crippen LogP contribution >= 0.6 is 0 Å². The second-order valence-corrected chi connectivity index (χ2v) is 4.73. The molecular formula is C17H14N2O3. The first-order chi connectivity index (χ1) is 10.7. The van der Waals surface area contributed by atoms with Crippen LogP contribution in [-0.4, -0.2) is 20.5 Å². The number of carbonyl (C=O) groups is 1. The maximum atomic E-state index is 10.5. The van der Waals surface area contributed by atoms with Gasteiger partial charge in [0.05, 0.1) is 5.69 Å². The lowest BCUT2D eigenvalue weighted by Gasteiger charge is -2.04. The number of hydrogen-bond acceptors (Lipinski definition) is 3. The molecule has 3 aromatic rings. The molecule has 1 N–H and O–H groups in total. The fourth-order valence-electron chi connectivity index (χ4n) is 2.06. The van der Waals surface area contributed by atoms with Gasteiger partial charge in [-0.3, -0.25) is 0 Å². The van der Waals surface area contributed by atoms with Gasteiger partial charge in [-0.05, 0) is 35.9 Å². The molecule has 0 fully saturated rings. The molecule has 0 radical (unpaired) electrons. The maximum Gasteiger partial charge on any atom is 0.328 e. The Hall–Kier alpha value is -3.08. The van der Waals surface area contributed by atoms with Crippen LogP contribution in [0.5, 0.6) is 5.75 Å². The summed E-state index contributed by atoms with van der Waals surface area (Å²) < 4.78 is 7.63. The highest BCUT2D eigenvalue weighted by molar-refractivity contribution is 5.85. The average Bonchev–Trinajstić information content (AvgIpc) is 2.95. The van der Waals surface area contributed by atoms with Crippen molar-refractivity contribution in [3.63, 3.8) is 0 Å². The van der Waals surface area contributed by atoms with Crippen LogP contribution in [0.4, 0.5) is 0 Å². The number of rotatable bonds is 5. The van der Waals surface area contributed by atoms with E-state index in [2.05, 4.69) is 4.98 Å². The van der Waals surface area contributed by atoms with Crippen LogP contribution in [0, 0.1) is 0 Å². The van der Waals surface area contributed by atoms with E-state index in [9.17, 15) is 4.79 Å². The highest BCUT2D eigenvalue weighted by atomic mass is 16.5. The van der Waals surface area contributed by atoms with E-state index >= 15 is 0 Å². The van der Waals surface area contributed by atoms with Crippen molar-refractivity contribution in [2.24, 2.45) is 0 Å². The van der Waals surface area contributed by atoms with Gasteiger partial charge in [0.2, 0.25) is 0 Å². The molecule has 0 bridgehead atoms. The van der Waals surface area contributed by atoms with E-state index in [0.717, 1.165) is 23.0 Å². The van der Waals surface area contributed by atoms with Gasteiger partial charge in [0.1, 0.15) is 18.0 Å². The van der Waals surface area contributed by atoms with E-state index < -0.39 is 5.97 Å². The zero-order valence-electron chi connectivity index (χ0n) is 11.7. The molecular weight excluding hydrogens is 280 g/mol. The molecule has 0 aliphatic heterocycles. The lowest BCUT2D eigenvalue weighted by Crippen LogP contribution is -1.95. The number of carboxylic acids is 1. The van der Waals surface area contributed by atoms with E-state index in [1.54, 1.807) is 24.3 Å². The molecule has 0 spiro atoms. The molecule has 0 aliphatic carbocycles. The Balaban J connectivity index is 1.64. The number of fused-ring (bicyclic) bond motifs is 1. The first kappa shape index (κ1) is 13.9. The number of hydrogen-bond donors (Lipinski definition) is 1. The van der Waals surface area contributed by atoms with E-state index in [1.807, 2.05) is 35.0 Å². The van der Waals surface area contributed by atoms with Gasteiger partial charge in [0.15, 0.2) is 0 Å². The minimum atomic E-state index is -0.966. The van der Waals surface area contributed by atoms with E-state index in [4.69, 9.17) is 9.84 Å². The molecule has 110 valence electrons. The number of benzene rings is 1. The third-order valence-electron chi connectivity index (χ3n) is 3.10. The molecule has 0 amide bonds. The van der Waals surface area contributed by atoms with Crippen molar-refractivity contribution >= 4 is 17.7 Å². The van der Waals surface area contributed by atoms with Gasteiger partial charge >= 0.3 is 5.97 Å². The van der Waals surface area contributed by atoms with Crippen LogP contribution in [-0.2, 0) is 11.4 Å². The summed E-state index contributed by atoms with van der Waals surface area (Å²) in [5.74, 6) is -0.253. The Kier molecular flexibility index (Phi) is 3.87. The summed E-state index contributed by atoms with van der Waals surface area (Å²) in [6, 6.07) is 13.0. The first-order valence-electron chi connectivity index (χ1n) is 6.77. The normalized spacial score (nSPS) is 11.1. The fourth-order valence-corrected chi connectivity index (χ4v) is 2.06. The summed E-state index contributed by atoms with van der Waals surface area (Å²) in [6.45, 7) is 0.381. The summed E-state index contributed by atoms with van der Waals surface area (Å²) >= 11 is 0. The van der Waals surface area contributed by atoms with Crippen molar-refractivity contribution in [2.45, 2.75) is 6.61 Å². The number of ether oxygens (including phenoxy) is 1. The van der Waals surface area contributed by atoms with Crippen molar-refractivity contribution < 1.29 is 14.6 Å². The standard InChI is InChI=1S/C17H14N2O3/c20-17(21)9-6-13-4-7-15(8-5-13)22-12-14-11-19-10-2-1-3-16(19)18-14/h1-11H,12H2,(H,20,21)/b9-6+. The van der Waals surface area contributed by atoms with E-state index in [0.29, 0.717) is 12.4 Å². The van der Waals surface area contributed by atoms with Crippen LogP contribution < -0.4 is 4.74 Å². The van der Waals surface area contributed by atoms with Crippen LogP contribution in [0.15, 0.2) is 60.9 Å². The van der Waals surface area contributed by atoms with Crippen molar-refractivity contribution in [3.8, 4) is 5.75 Å². The Labute approximate surface area is 127 Å². The first-order valence-corrected chi connectivity index (χ1v) is 6.77. The minimum Gasteiger partial charge on any atom is -0.487 e. The van der Waals surface area contributed by atoms with Gasteiger partial charge < -0.3 is 14.2 Å². The molecule has 0 atom stereocenters. The summed E-state index contributed by atoms with van der Waals surface area (Å²) in [5.41, 5.74) is 2.54. The predicted octanol–water partition coefficient (Wildman–Crippen LogP) is 3.01. The monoisotopic (exact) mass is 294 g/mol. The second kappa shape index (κ2) is 6.13. The van der Waals surface area contributed by atoms with Crippen molar-refractivity contribution in [1.82, 2.24) is 9.38 Å². The smallest absolute Gasteiger partial charge is 0.328 e. The van der Waals surface area contributed by atoms with Crippen LogP contribution in [0.25, 0.3) is 11.7 Å². The molecule has 3 rings (SSSR count). The zero-order chi connectivity index (χ0) is 15.4. The Morgan fingerprint density at radius 3 is 2.77 bits per heavy atom. The Morgan fingerprint density at radius 1 is 1.23 bits per heavy atom. The molecule has 5 heteroatoms. The molecule has 2 aromatic heterocycles. The quantitative estimate of drug-likeness (QED) is 0.735. The van der Waals surface area contributed by atoms with Gasteiger partial charge in [0, 0.05) is 18.5 Å². The largest absolute Gasteiger partial charge is 0.487 e. The number of aliphatic carboxylic acids is 1. The molecule has 22 heavy (non-hydrogen) atoms. The zero-order valence-corrected chi connectivity index (χ0v) is 11.7. The van der Waals surface area contributed by atoms with E-state index in [1.165, 1.54) is 6.08 Å². The third-order valence-corrected chi connectivity index (χ3v) is 3.10. The highest BCUT2D eigenvalue weighted by Crippen LogP contribution is 2.15. The van der Waals surface area contributed by atoms with Gasteiger partial charge in [-0.1, -0.05) is 18.2 Å². The summed E-state index contributed by atoms with van der Waals surface area (Å²) in [4.78, 5) is 14.9. The van der Waals surface area contributed by atoms with Gasteiger partial charge in [-0.25, -0.2) is 9.78 Å². The number of carboxylic acid groups (broad SMARTS) is 1. The molecule has 0 unspecified atom stereocenters. The van der Waals surface area contributed by atoms with Gasteiger partial charge in [-0.2, -0.15) is 0 Å². The average molecular weight is 294 g/mol. The lowest BCUT2D eigenvalue weighted by molar-refractivity contribution is -0.131. The summed E-state index contributed by atoms with van der Waals surface area (Å²) in [7, 11) is 0. The van der Waals surface area contributed by atoms with Gasteiger partial charge in [-0.15, -0.1) is 0 Å².